The molecule has 4 rings (SSSR count). The highest BCUT2D eigenvalue weighted by molar-refractivity contribution is 5.95. The van der Waals surface area contributed by atoms with Gasteiger partial charge in [0.1, 0.15) is 5.82 Å². The van der Waals surface area contributed by atoms with Crippen LogP contribution in [0.2, 0.25) is 0 Å². The summed E-state index contributed by atoms with van der Waals surface area (Å²) in [4.78, 5) is 29.0. The zero-order chi connectivity index (χ0) is 21.8. The number of aryl methyl sites for hydroxylation is 1. The maximum absolute atomic E-state index is 13.1. The van der Waals surface area contributed by atoms with Crippen LogP contribution in [0.3, 0.4) is 0 Å². The third kappa shape index (κ3) is 4.83. The Balaban J connectivity index is 1.46. The number of piperazine rings is 1. The van der Waals surface area contributed by atoms with Crippen molar-refractivity contribution in [3.8, 4) is 5.69 Å². The number of hydrogen-bond donors (Lipinski definition) is 1. The van der Waals surface area contributed by atoms with Crippen molar-refractivity contribution in [2.24, 2.45) is 0 Å². The molecule has 7 heteroatoms. The van der Waals surface area contributed by atoms with E-state index >= 15 is 0 Å². The van der Waals surface area contributed by atoms with Crippen molar-refractivity contribution in [3.05, 3.63) is 77.5 Å². The van der Waals surface area contributed by atoms with E-state index in [9.17, 15) is 9.59 Å². The van der Waals surface area contributed by atoms with Crippen molar-refractivity contribution < 1.29 is 9.59 Å². The van der Waals surface area contributed by atoms with Crippen molar-refractivity contribution in [2.45, 2.75) is 20.4 Å². The Hall–Kier alpha value is -3.45. The monoisotopic (exact) mass is 417 g/mol. The fraction of sp³-hybridized carbons (Fsp3) is 0.292. The summed E-state index contributed by atoms with van der Waals surface area (Å²) in [5.41, 5.74) is 3.73. The molecule has 7 nitrogen and oxygen atoms in total. The number of carbonyl (C=O) groups is 2. The molecule has 2 heterocycles. The van der Waals surface area contributed by atoms with E-state index < -0.39 is 0 Å². The lowest BCUT2D eigenvalue weighted by Crippen LogP contribution is -2.48. The van der Waals surface area contributed by atoms with E-state index in [0.717, 1.165) is 25.3 Å². The summed E-state index contributed by atoms with van der Waals surface area (Å²) in [7, 11) is 0. The Kier molecular flexibility index (Phi) is 6.13. The van der Waals surface area contributed by atoms with E-state index in [1.165, 1.54) is 18.1 Å². The molecule has 1 aromatic heterocycles. The second-order valence-electron chi connectivity index (χ2n) is 7.84. The molecule has 0 radical (unpaired) electrons. The molecule has 31 heavy (non-hydrogen) atoms. The van der Waals surface area contributed by atoms with E-state index in [1.807, 2.05) is 35.2 Å². The Morgan fingerprint density at radius 3 is 2.32 bits per heavy atom. The molecule has 1 saturated heterocycles. The van der Waals surface area contributed by atoms with Gasteiger partial charge < -0.3 is 10.2 Å². The number of aromatic nitrogens is 2. The molecule has 160 valence electrons. The van der Waals surface area contributed by atoms with Crippen LogP contribution in [0.15, 0.2) is 60.7 Å². The normalized spacial score (nSPS) is 14.5. The maximum atomic E-state index is 13.1. The van der Waals surface area contributed by atoms with E-state index in [4.69, 9.17) is 0 Å². The number of carbonyl (C=O) groups excluding carboxylic acids is 2. The smallest absolute Gasteiger partial charge is 0.274 e. The van der Waals surface area contributed by atoms with Crippen molar-refractivity contribution in [1.82, 2.24) is 19.6 Å². The van der Waals surface area contributed by atoms with E-state index in [-0.39, 0.29) is 11.8 Å². The third-order valence-electron chi connectivity index (χ3n) is 5.55. The fourth-order valence-electron chi connectivity index (χ4n) is 3.82. The molecule has 3 aromatic rings. The number of hydrogen-bond acceptors (Lipinski definition) is 4. The second-order valence-corrected chi connectivity index (χ2v) is 7.84. The first-order chi connectivity index (χ1) is 15.0. The number of rotatable bonds is 5. The summed E-state index contributed by atoms with van der Waals surface area (Å²) in [5.74, 6) is 0.165. The lowest BCUT2D eigenvalue weighted by atomic mass is 10.1. The third-order valence-corrected chi connectivity index (χ3v) is 5.55. The Labute approximate surface area is 182 Å². The molecule has 2 amide bonds. The molecule has 1 fully saturated rings. The Bertz CT molecular complexity index is 1070. The van der Waals surface area contributed by atoms with Crippen LogP contribution in [-0.4, -0.2) is 57.6 Å². The zero-order valence-electron chi connectivity index (χ0n) is 17.9. The molecule has 1 aliphatic heterocycles. The lowest BCUT2D eigenvalue weighted by Gasteiger charge is -2.34. The van der Waals surface area contributed by atoms with Crippen LogP contribution in [0, 0.1) is 6.92 Å². The molecule has 0 unspecified atom stereocenters. The Morgan fingerprint density at radius 2 is 1.65 bits per heavy atom. The van der Waals surface area contributed by atoms with Gasteiger partial charge in [0.25, 0.3) is 5.91 Å². The lowest BCUT2D eigenvalue weighted by molar-refractivity contribution is -0.114. The second kappa shape index (κ2) is 9.14. The van der Waals surface area contributed by atoms with Gasteiger partial charge in [-0.3, -0.25) is 14.5 Å². The number of benzene rings is 2. The molecular weight excluding hydrogens is 390 g/mol. The van der Waals surface area contributed by atoms with Crippen LogP contribution in [0.1, 0.15) is 28.5 Å². The first-order valence-corrected chi connectivity index (χ1v) is 10.5. The summed E-state index contributed by atoms with van der Waals surface area (Å²) in [6, 6.07) is 19.5. The summed E-state index contributed by atoms with van der Waals surface area (Å²) < 4.78 is 1.60. The summed E-state index contributed by atoms with van der Waals surface area (Å²) in [5, 5.41) is 7.28. The van der Waals surface area contributed by atoms with E-state index in [2.05, 4.69) is 46.5 Å². The van der Waals surface area contributed by atoms with Crippen LogP contribution in [-0.2, 0) is 11.3 Å². The van der Waals surface area contributed by atoms with Crippen LogP contribution < -0.4 is 5.32 Å². The maximum Gasteiger partial charge on any atom is 0.274 e. The van der Waals surface area contributed by atoms with Crippen LogP contribution in [0.4, 0.5) is 5.82 Å². The summed E-state index contributed by atoms with van der Waals surface area (Å²) in [6.45, 7) is 7.40. The molecule has 0 atom stereocenters. The Morgan fingerprint density at radius 1 is 0.968 bits per heavy atom. The van der Waals surface area contributed by atoms with Gasteiger partial charge in [0.05, 0.1) is 5.69 Å². The quantitative estimate of drug-likeness (QED) is 0.693. The number of nitrogens with zero attached hydrogens (tertiary/aromatic N) is 4. The minimum absolute atomic E-state index is 0.114. The minimum atomic E-state index is -0.208. The number of amides is 2. The molecule has 0 spiro atoms. The van der Waals surface area contributed by atoms with Gasteiger partial charge in [-0.15, -0.1) is 0 Å². The standard InChI is InChI=1S/C24H27N5O2/c1-18-8-6-7-9-20(18)17-27-12-14-28(15-13-27)24(31)22-16-23(25-19(2)30)29(26-22)21-10-4-3-5-11-21/h3-11,16H,12-15,17H2,1-2H3,(H,25,30). The number of anilines is 1. The van der Waals surface area contributed by atoms with Crippen molar-refractivity contribution >= 4 is 17.6 Å². The highest BCUT2D eigenvalue weighted by Gasteiger charge is 2.25. The van der Waals surface area contributed by atoms with Gasteiger partial charge in [-0.2, -0.15) is 5.10 Å². The van der Waals surface area contributed by atoms with Crippen molar-refractivity contribution in [2.75, 3.05) is 31.5 Å². The highest BCUT2D eigenvalue weighted by atomic mass is 16.2. The fourth-order valence-corrected chi connectivity index (χ4v) is 3.82. The molecule has 0 saturated carbocycles. The van der Waals surface area contributed by atoms with Gasteiger partial charge in [0, 0.05) is 45.7 Å². The van der Waals surface area contributed by atoms with Gasteiger partial charge in [-0.25, -0.2) is 4.68 Å². The van der Waals surface area contributed by atoms with Crippen LogP contribution in [0.25, 0.3) is 5.69 Å². The van der Waals surface area contributed by atoms with Gasteiger partial charge in [0.15, 0.2) is 5.69 Å². The van der Waals surface area contributed by atoms with E-state index in [0.29, 0.717) is 24.6 Å². The van der Waals surface area contributed by atoms with Crippen molar-refractivity contribution in [1.29, 1.82) is 0 Å². The van der Waals surface area contributed by atoms with Gasteiger partial charge >= 0.3 is 0 Å². The average molecular weight is 418 g/mol. The SMILES string of the molecule is CC(=O)Nc1cc(C(=O)N2CCN(Cc3ccccc3C)CC2)nn1-c1ccccc1. The number of para-hydroxylation sites is 1. The minimum Gasteiger partial charge on any atom is -0.335 e. The molecule has 0 bridgehead atoms. The zero-order valence-corrected chi connectivity index (χ0v) is 17.9. The van der Waals surface area contributed by atoms with Crippen LogP contribution >= 0.6 is 0 Å². The van der Waals surface area contributed by atoms with Gasteiger partial charge in [-0.05, 0) is 30.2 Å². The first-order valence-electron chi connectivity index (χ1n) is 10.5. The molecule has 1 N–H and O–H groups in total. The van der Waals surface area contributed by atoms with Gasteiger partial charge in [-0.1, -0.05) is 42.5 Å². The largest absolute Gasteiger partial charge is 0.335 e. The first kappa shape index (κ1) is 20.8. The van der Waals surface area contributed by atoms with Gasteiger partial charge in [0.2, 0.25) is 5.91 Å². The molecular formula is C24H27N5O2. The predicted octanol–water partition coefficient (Wildman–Crippen LogP) is 3.10. The molecule has 2 aromatic carbocycles. The highest BCUT2D eigenvalue weighted by Crippen LogP contribution is 2.19. The molecule has 0 aliphatic carbocycles. The van der Waals surface area contributed by atoms with Crippen LogP contribution in [0.5, 0.6) is 0 Å². The van der Waals surface area contributed by atoms with Crippen molar-refractivity contribution in [3.63, 3.8) is 0 Å². The summed E-state index contributed by atoms with van der Waals surface area (Å²) >= 11 is 0. The predicted molar refractivity (Wildman–Crippen MR) is 120 cm³/mol. The molecule has 1 aliphatic rings. The number of nitrogens with one attached hydrogen (secondary N) is 1. The summed E-state index contributed by atoms with van der Waals surface area (Å²) in [6.07, 6.45) is 0. The van der Waals surface area contributed by atoms with E-state index in [1.54, 1.807) is 10.7 Å². The topological polar surface area (TPSA) is 70.5 Å². The average Bonchev–Trinajstić information content (AvgIpc) is 3.19.